The van der Waals surface area contributed by atoms with Crippen LogP contribution in [0.4, 0.5) is 0 Å². The van der Waals surface area contributed by atoms with Gasteiger partial charge in [-0.05, 0) is 39.0 Å². The van der Waals surface area contributed by atoms with Crippen LogP contribution in [0.25, 0.3) is 0 Å². The summed E-state index contributed by atoms with van der Waals surface area (Å²) in [7, 11) is 0. The van der Waals surface area contributed by atoms with Gasteiger partial charge >= 0.3 is 5.97 Å². The minimum absolute atomic E-state index is 0.381. The van der Waals surface area contributed by atoms with Crippen molar-refractivity contribution in [1.29, 1.82) is 0 Å². The Hall–Kier alpha value is -1.32. The number of aliphatic carboxylic acids is 1. The lowest BCUT2D eigenvalue weighted by molar-refractivity contribution is -0.139. The summed E-state index contributed by atoms with van der Waals surface area (Å²) in [5.74, 6) is 0.630. The molecular formula is C16H24N2O2. The SMILES string of the molecule is CCn1c(C2CCCCC2)nc2c1CCCC2C(=O)O. The molecule has 0 aliphatic heterocycles. The van der Waals surface area contributed by atoms with E-state index < -0.39 is 5.97 Å². The van der Waals surface area contributed by atoms with Crippen molar-refractivity contribution in [2.24, 2.45) is 0 Å². The van der Waals surface area contributed by atoms with Crippen LogP contribution in [0.5, 0.6) is 0 Å². The van der Waals surface area contributed by atoms with Gasteiger partial charge in [0, 0.05) is 18.2 Å². The number of fused-ring (bicyclic) bond motifs is 1. The Morgan fingerprint density at radius 1 is 1.25 bits per heavy atom. The fourth-order valence-electron chi connectivity index (χ4n) is 3.94. The molecular weight excluding hydrogens is 252 g/mol. The molecule has 1 saturated carbocycles. The summed E-state index contributed by atoms with van der Waals surface area (Å²) >= 11 is 0. The Labute approximate surface area is 120 Å². The summed E-state index contributed by atoms with van der Waals surface area (Å²) in [6.45, 7) is 3.07. The minimum Gasteiger partial charge on any atom is -0.481 e. The number of imidazole rings is 1. The lowest BCUT2D eigenvalue weighted by Crippen LogP contribution is -2.19. The van der Waals surface area contributed by atoms with E-state index in [4.69, 9.17) is 4.98 Å². The van der Waals surface area contributed by atoms with E-state index in [9.17, 15) is 9.90 Å². The average Bonchev–Trinajstić information content (AvgIpc) is 2.86. The molecule has 0 amide bonds. The molecule has 20 heavy (non-hydrogen) atoms. The van der Waals surface area contributed by atoms with Crippen molar-refractivity contribution >= 4 is 5.97 Å². The summed E-state index contributed by atoms with van der Waals surface area (Å²) in [5, 5.41) is 9.42. The molecule has 110 valence electrons. The fraction of sp³-hybridized carbons (Fsp3) is 0.750. The molecule has 3 rings (SSSR count). The van der Waals surface area contributed by atoms with Crippen molar-refractivity contribution in [2.45, 2.75) is 76.7 Å². The lowest BCUT2D eigenvalue weighted by atomic mass is 9.88. The monoisotopic (exact) mass is 276 g/mol. The first kappa shape index (κ1) is 13.7. The van der Waals surface area contributed by atoms with E-state index in [0.29, 0.717) is 5.92 Å². The molecule has 0 radical (unpaired) electrons. The molecule has 2 aliphatic carbocycles. The quantitative estimate of drug-likeness (QED) is 0.920. The number of aromatic nitrogens is 2. The van der Waals surface area contributed by atoms with Crippen LogP contribution in [0.3, 0.4) is 0 Å². The smallest absolute Gasteiger partial charge is 0.312 e. The third-order valence-corrected chi connectivity index (χ3v) is 4.95. The Balaban J connectivity index is 2.00. The predicted molar refractivity (Wildman–Crippen MR) is 77.0 cm³/mol. The van der Waals surface area contributed by atoms with Gasteiger partial charge in [0.1, 0.15) is 11.7 Å². The molecule has 1 atom stereocenters. The third-order valence-electron chi connectivity index (χ3n) is 4.95. The first-order valence-corrected chi connectivity index (χ1v) is 8.04. The van der Waals surface area contributed by atoms with Gasteiger partial charge in [0.05, 0.1) is 5.69 Å². The van der Waals surface area contributed by atoms with Gasteiger partial charge < -0.3 is 9.67 Å². The van der Waals surface area contributed by atoms with Crippen molar-refractivity contribution in [3.05, 3.63) is 17.2 Å². The number of carbonyl (C=O) groups is 1. The maximum atomic E-state index is 11.5. The number of nitrogens with zero attached hydrogens (tertiary/aromatic N) is 2. The number of carboxylic acid groups (broad SMARTS) is 1. The molecule has 0 aromatic carbocycles. The first-order chi connectivity index (χ1) is 9.72. The molecule has 4 heteroatoms. The summed E-state index contributed by atoms with van der Waals surface area (Å²) in [6.07, 6.45) is 9.05. The summed E-state index contributed by atoms with van der Waals surface area (Å²) < 4.78 is 2.32. The van der Waals surface area contributed by atoms with Gasteiger partial charge in [-0.25, -0.2) is 4.98 Å². The van der Waals surface area contributed by atoms with Crippen LogP contribution in [0.1, 0.15) is 80.9 Å². The summed E-state index contributed by atoms with van der Waals surface area (Å²) in [6, 6.07) is 0. The van der Waals surface area contributed by atoms with Crippen LogP contribution < -0.4 is 0 Å². The van der Waals surface area contributed by atoms with E-state index in [-0.39, 0.29) is 5.92 Å². The largest absolute Gasteiger partial charge is 0.481 e. The molecule has 2 aliphatic rings. The third kappa shape index (κ3) is 2.25. The number of hydrogen-bond acceptors (Lipinski definition) is 2. The highest BCUT2D eigenvalue weighted by Gasteiger charge is 2.33. The van der Waals surface area contributed by atoms with Gasteiger partial charge in [0.15, 0.2) is 0 Å². The molecule has 1 heterocycles. The Morgan fingerprint density at radius 3 is 2.65 bits per heavy atom. The molecule has 0 spiro atoms. The number of rotatable bonds is 3. The predicted octanol–water partition coefficient (Wildman–Crippen LogP) is 3.46. The molecule has 1 N–H and O–H groups in total. The first-order valence-electron chi connectivity index (χ1n) is 8.04. The highest BCUT2D eigenvalue weighted by atomic mass is 16.4. The van der Waals surface area contributed by atoms with Crippen molar-refractivity contribution in [2.75, 3.05) is 0 Å². The fourth-order valence-corrected chi connectivity index (χ4v) is 3.94. The van der Waals surface area contributed by atoms with Crippen LogP contribution in [0.2, 0.25) is 0 Å². The zero-order chi connectivity index (χ0) is 14.1. The Kier molecular flexibility index (Phi) is 3.81. The molecule has 1 unspecified atom stereocenters. The molecule has 4 nitrogen and oxygen atoms in total. The molecule has 0 bridgehead atoms. The van der Waals surface area contributed by atoms with E-state index in [1.54, 1.807) is 0 Å². The van der Waals surface area contributed by atoms with E-state index in [0.717, 1.165) is 31.5 Å². The van der Waals surface area contributed by atoms with Crippen molar-refractivity contribution in [3.8, 4) is 0 Å². The Morgan fingerprint density at radius 2 is 2.00 bits per heavy atom. The van der Waals surface area contributed by atoms with Crippen molar-refractivity contribution < 1.29 is 9.90 Å². The van der Waals surface area contributed by atoms with E-state index in [1.165, 1.54) is 43.6 Å². The summed E-state index contributed by atoms with van der Waals surface area (Å²) in [5.41, 5.74) is 2.07. The van der Waals surface area contributed by atoms with Gasteiger partial charge in [-0.3, -0.25) is 4.79 Å². The average molecular weight is 276 g/mol. The lowest BCUT2D eigenvalue weighted by Gasteiger charge is -2.22. The van der Waals surface area contributed by atoms with Crippen LogP contribution >= 0.6 is 0 Å². The van der Waals surface area contributed by atoms with Crippen LogP contribution in [0.15, 0.2) is 0 Å². The molecule has 1 aromatic heterocycles. The van der Waals surface area contributed by atoms with E-state index in [2.05, 4.69) is 11.5 Å². The van der Waals surface area contributed by atoms with Gasteiger partial charge in [-0.15, -0.1) is 0 Å². The zero-order valence-electron chi connectivity index (χ0n) is 12.3. The van der Waals surface area contributed by atoms with Gasteiger partial charge in [0.25, 0.3) is 0 Å². The van der Waals surface area contributed by atoms with Gasteiger partial charge in [-0.1, -0.05) is 19.3 Å². The topological polar surface area (TPSA) is 55.1 Å². The standard InChI is InChI=1S/C16H24N2O2/c1-2-18-13-10-6-9-12(16(19)20)14(13)17-15(18)11-7-4-3-5-8-11/h11-12H,2-10H2,1H3,(H,19,20). The number of hydrogen-bond donors (Lipinski definition) is 1. The zero-order valence-corrected chi connectivity index (χ0v) is 12.3. The van der Waals surface area contributed by atoms with Crippen LogP contribution in [-0.4, -0.2) is 20.6 Å². The van der Waals surface area contributed by atoms with Crippen molar-refractivity contribution in [3.63, 3.8) is 0 Å². The van der Waals surface area contributed by atoms with E-state index in [1.807, 2.05) is 0 Å². The second-order valence-corrected chi connectivity index (χ2v) is 6.16. The highest BCUT2D eigenvalue weighted by Crippen LogP contribution is 2.37. The van der Waals surface area contributed by atoms with Crippen molar-refractivity contribution in [1.82, 2.24) is 9.55 Å². The second kappa shape index (κ2) is 5.58. The van der Waals surface area contributed by atoms with Crippen LogP contribution in [-0.2, 0) is 17.8 Å². The van der Waals surface area contributed by atoms with Gasteiger partial charge in [-0.2, -0.15) is 0 Å². The molecule has 0 saturated heterocycles. The van der Waals surface area contributed by atoms with Crippen LogP contribution in [0, 0.1) is 0 Å². The van der Waals surface area contributed by atoms with E-state index >= 15 is 0 Å². The van der Waals surface area contributed by atoms with Gasteiger partial charge in [0.2, 0.25) is 0 Å². The molecule has 1 fully saturated rings. The highest BCUT2D eigenvalue weighted by molar-refractivity contribution is 5.76. The summed E-state index contributed by atoms with van der Waals surface area (Å²) in [4.78, 5) is 16.3. The minimum atomic E-state index is -0.707. The maximum Gasteiger partial charge on any atom is 0.312 e. The Bertz CT molecular complexity index is 501. The molecule has 1 aromatic rings. The maximum absolute atomic E-state index is 11.5. The number of carboxylic acids is 1. The normalized spacial score (nSPS) is 23.6. The second-order valence-electron chi connectivity index (χ2n) is 6.16.